The summed E-state index contributed by atoms with van der Waals surface area (Å²) >= 11 is 1.59. The Morgan fingerprint density at radius 3 is 2.74 bits per heavy atom. The van der Waals surface area contributed by atoms with Crippen molar-refractivity contribution in [1.82, 2.24) is 5.32 Å². The van der Waals surface area contributed by atoms with E-state index in [2.05, 4.69) is 17.0 Å². The molecule has 2 N–H and O–H groups in total. The van der Waals surface area contributed by atoms with Crippen LogP contribution in [0.15, 0.2) is 29.2 Å². The first kappa shape index (κ1) is 16.3. The molecule has 1 aromatic rings. The predicted molar refractivity (Wildman–Crippen MR) is 83.4 cm³/mol. The second kappa shape index (κ2) is 8.45. The monoisotopic (exact) mass is 302 g/mol. The minimum absolute atomic E-state index is 0.146. The average molecular weight is 302 g/mol. The van der Waals surface area contributed by atoms with Crippen LogP contribution in [0.4, 0.5) is 5.69 Å². The molecule has 0 aliphatic heterocycles. The molecule has 108 valence electrons. The summed E-state index contributed by atoms with van der Waals surface area (Å²) in [5.74, 6) is 0.146. The molecule has 0 saturated heterocycles. The second-order valence-electron chi connectivity index (χ2n) is 4.26. The molecule has 0 amide bonds. The van der Waals surface area contributed by atoms with Crippen LogP contribution in [0.25, 0.3) is 0 Å². The van der Waals surface area contributed by atoms with E-state index in [1.54, 1.807) is 17.8 Å². The maximum Gasteiger partial charge on any atom is 0.232 e. The smallest absolute Gasteiger partial charge is 0.232 e. The fourth-order valence-corrected chi connectivity index (χ4v) is 3.18. The molecule has 0 atom stereocenters. The van der Waals surface area contributed by atoms with Crippen molar-refractivity contribution in [1.29, 1.82) is 0 Å². The van der Waals surface area contributed by atoms with Crippen LogP contribution < -0.4 is 10.0 Å². The zero-order valence-electron chi connectivity index (χ0n) is 11.5. The van der Waals surface area contributed by atoms with Crippen LogP contribution >= 0.6 is 11.8 Å². The van der Waals surface area contributed by atoms with Gasteiger partial charge in [0.25, 0.3) is 0 Å². The van der Waals surface area contributed by atoms with Crippen molar-refractivity contribution in [2.75, 3.05) is 29.8 Å². The number of rotatable bonds is 9. The summed E-state index contributed by atoms with van der Waals surface area (Å²) in [6.45, 7) is 3.76. The van der Waals surface area contributed by atoms with E-state index in [0.717, 1.165) is 24.4 Å². The maximum absolute atomic E-state index is 11.9. The molecule has 0 spiro atoms. The SMILES string of the molecule is CCCNCCCS(=O)(=O)Nc1cccc(SC)c1. The Balaban J connectivity index is 2.45. The van der Waals surface area contributed by atoms with Crippen LogP contribution in [0.3, 0.4) is 0 Å². The van der Waals surface area contributed by atoms with E-state index in [-0.39, 0.29) is 5.75 Å². The van der Waals surface area contributed by atoms with Gasteiger partial charge in [0.15, 0.2) is 0 Å². The van der Waals surface area contributed by atoms with Crippen molar-refractivity contribution in [2.24, 2.45) is 0 Å². The fourth-order valence-electron chi connectivity index (χ4n) is 1.61. The Labute approximate surface area is 120 Å². The highest BCUT2D eigenvalue weighted by Crippen LogP contribution is 2.19. The summed E-state index contributed by atoms with van der Waals surface area (Å²) < 4.78 is 26.4. The van der Waals surface area contributed by atoms with Crippen LogP contribution in [0.1, 0.15) is 19.8 Å². The summed E-state index contributed by atoms with van der Waals surface area (Å²) in [5, 5.41) is 3.19. The minimum Gasteiger partial charge on any atom is -0.317 e. The molecule has 0 fully saturated rings. The molecular formula is C13H22N2O2S2. The van der Waals surface area contributed by atoms with E-state index < -0.39 is 10.0 Å². The lowest BCUT2D eigenvalue weighted by atomic mass is 10.3. The van der Waals surface area contributed by atoms with E-state index >= 15 is 0 Å². The van der Waals surface area contributed by atoms with Gasteiger partial charge >= 0.3 is 0 Å². The molecule has 0 saturated carbocycles. The van der Waals surface area contributed by atoms with Gasteiger partial charge in [0.1, 0.15) is 0 Å². The molecule has 0 aliphatic carbocycles. The van der Waals surface area contributed by atoms with Gasteiger partial charge in [0.2, 0.25) is 10.0 Å². The largest absolute Gasteiger partial charge is 0.317 e. The van der Waals surface area contributed by atoms with Crippen molar-refractivity contribution in [3.63, 3.8) is 0 Å². The Morgan fingerprint density at radius 1 is 1.26 bits per heavy atom. The van der Waals surface area contributed by atoms with Crippen molar-refractivity contribution in [3.05, 3.63) is 24.3 Å². The highest BCUT2D eigenvalue weighted by Gasteiger charge is 2.09. The zero-order chi connectivity index (χ0) is 14.1. The van der Waals surface area contributed by atoms with Crippen LogP contribution in [0, 0.1) is 0 Å². The standard InChI is InChI=1S/C13H22N2O2S2/c1-3-8-14-9-5-10-19(16,17)15-12-6-4-7-13(11-12)18-2/h4,6-7,11,14-15H,3,5,8-10H2,1-2H3. The van der Waals surface area contributed by atoms with E-state index in [4.69, 9.17) is 0 Å². The average Bonchev–Trinajstić information content (AvgIpc) is 2.38. The second-order valence-corrected chi connectivity index (χ2v) is 6.98. The van der Waals surface area contributed by atoms with Crippen molar-refractivity contribution < 1.29 is 8.42 Å². The molecule has 0 aliphatic rings. The number of hydrogen-bond donors (Lipinski definition) is 2. The number of sulfonamides is 1. The van der Waals surface area contributed by atoms with Gasteiger partial charge in [-0.3, -0.25) is 4.72 Å². The topological polar surface area (TPSA) is 58.2 Å². The third-order valence-electron chi connectivity index (χ3n) is 2.54. The van der Waals surface area contributed by atoms with Gasteiger partial charge in [0.05, 0.1) is 5.75 Å². The van der Waals surface area contributed by atoms with Crippen molar-refractivity contribution in [2.45, 2.75) is 24.7 Å². The zero-order valence-corrected chi connectivity index (χ0v) is 13.1. The number of anilines is 1. The van der Waals surface area contributed by atoms with E-state index in [0.29, 0.717) is 12.1 Å². The van der Waals surface area contributed by atoms with E-state index in [9.17, 15) is 8.42 Å². The third kappa shape index (κ3) is 6.84. The summed E-state index contributed by atoms with van der Waals surface area (Å²) in [4.78, 5) is 1.05. The molecule has 19 heavy (non-hydrogen) atoms. The Hall–Kier alpha value is -0.720. The lowest BCUT2D eigenvalue weighted by Gasteiger charge is -2.09. The van der Waals surface area contributed by atoms with Crippen LogP contribution in [-0.4, -0.2) is 33.5 Å². The first-order valence-corrected chi connectivity index (χ1v) is 9.30. The van der Waals surface area contributed by atoms with Crippen LogP contribution in [-0.2, 0) is 10.0 Å². The quantitative estimate of drug-likeness (QED) is 0.544. The highest BCUT2D eigenvalue weighted by molar-refractivity contribution is 7.98. The summed E-state index contributed by atoms with van der Waals surface area (Å²) in [7, 11) is -3.25. The maximum atomic E-state index is 11.9. The fraction of sp³-hybridized carbons (Fsp3) is 0.538. The van der Waals surface area contributed by atoms with Gasteiger partial charge in [-0.05, 0) is 50.4 Å². The first-order chi connectivity index (χ1) is 9.07. The van der Waals surface area contributed by atoms with Gasteiger partial charge in [-0.25, -0.2) is 8.42 Å². The van der Waals surface area contributed by atoms with E-state index in [1.165, 1.54) is 0 Å². The summed E-state index contributed by atoms with van der Waals surface area (Å²) in [6, 6.07) is 7.42. The molecule has 0 aromatic heterocycles. The molecular weight excluding hydrogens is 280 g/mol. The number of nitrogens with one attached hydrogen (secondary N) is 2. The number of thioether (sulfide) groups is 1. The van der Waals surface area contributed by atoms with Crippen LogP contribution in [0.5, 0.6) is 0 Å². The molecule has 0 bridgehead atoms. The Kier molecular flexibility index (Phi) is 7.27. The number of benzene rings is 1. The van der Waals surface area contributed by atoms with Crippen LogP contribution in [0.2, 0.25) is 0 Å². The summed E-state index contributed by atoms with van der Waals surface area (Å²) in [6.07, 6.45) is 3.65. The van der Waals surface area contributed by atoms with Gasteiger partial charge in [0, 0.05) is 10.6 Å². The Bertz CT molecular complexity index is 475. The molecule has 0 heterocycles. The minimum atomic E-state index is -3.25. The molecule has 4 nitrogen and oxygen atoms in total. The van der Waals surface area contributed by atoms with Crippen molar-refractivity contribution >= 4 is 27.5 Å². The van der Waals surface area contributed by atoms with E-state index in [1.807, 2.05) is 24.5 Å². The molecule has 0 radical (unpaired) electrons. The first-order valence-electron chi connectivity index (χ1n) is 6.42. The normalized spacial score (nSPS) is 11.5. The lowest BCUT2D eigenvalue weighted by Crippen LogP contribution is -2.22. The molecule has 1 rings (SSSR count). The van der Waals surface area contributed by atoms with Gasteiger partial charge in [-0.1, -0.05) is 13.0 Å². The molecule has 1 aromatic carbocycles. The van der Waals surface area contributed by atoms with Gasteiger partial charge in [-0.15, -0.1) is 11.8 Å². The van der Waals surface area contributed by atoms with Crippen molar-refractivity contribution in [3.8, 4) is 0 Å². The summed E-state index contributed by atoms with van der Waals surface area (Å²) in [5.41, 5.74) is 0.633. The molecule has 6 heteroatoms. The lowest BCUT2D eigenvalue weighted by molar-refractivity contribution is 0.593. The Morgan fingerprint density at radius 2 is 2.05 bits per heavy atom. The highest BCUT2D eigenvalue weighted by atomic mass is 32.2. The third-order valence-corrected chi connectivity index (χ3v) is 4.63. The molecule has 0 unspecified atom stereocenters. The van der Waals surface area contributed by atoms with Gasteiger partial charge < -0.3 is 5.32 Å². The number of hydrogen-bond acceptors (Lipinski definition) is 4. The van der Waals surface area contributed by atoms with Gasteiger partial charge in [-0.2, -0.15) is 0 Å². The predicted octanol–water partition coefficient (Wildman–Crippen LogP) is 2.54.